The third-order valence-electron chi connectivity index (χ3n) is 5.29. The molecule has 4 unspecified atom stereocenters. The highest BCUT2D eigenvalue weighted by Gasteiger charge is 2.69. The van der Waals surface area contributed by atoms with Crippen LogP contribution in [0.25, 0.3) is 0 Å². The lowest BCUT2D eigenvalue weighted by atomic mass is 9.52. The molecule has 0 bridgehead atoms. The van der Waals surface area contributed by atoms with Gasteiger partial charge in [0.25, 0.3) is 0 Å². The Morgan fingerprint density at radius 1 is 1.23 bits per heavy atom. The van der Waals surface area contributed by atoms with Crippen LogP contribution in [-0.2, 0) is 4.79 Å². The van der Waals surface area contributed by atoms with E-state index < -0.39 is 0 Å². The monoisotopic (exact) mass is 174 g/mol. The summed E-state index contributed by atoms with van der Waals surface area (Å²) in [5, 5.41) is 0. The summed E-state index contributed by atoms with van der Waals surface area (Å²) in [6.45, 7) is 0. The Hall–Kier alpha value is -0.590. The first-order valence-electron chi connectivity index (χ1n) is 5.58. The zero-order valence-corrected chi connectivity index (χ0v) is 7.75. The van der Waals surface area contributed by atoms with Crippen molar-refractivity contribution >= 4 is 5.78 Å². The molecule has 1 nitrogen and oxygen atoms in total. The zero-order chi connectivity index (χ0) is 8.63. The molecule has 0 saturated heterocycles. The van der Waals surface area contributed by atoms with Crippen LogP contribution in [-0.4, -0.2) is 5.78 Å². The summed E-state index contributed by atoms with van der Waals surface area (Å²) in [6.07, 6.45) is 8.67. The normalized spacial score (nSPS) is 55.8. The summed E-state index contributed by atoms with van der Waals surface area (Å²) in [5.74, 6) is 2.72. The van der Waals surface area contributed by atoms with Crippen LogP contribution < -0.4 is 0 Å². The van der Waals surface area contributed by atoms with Gasteiger partial charge in [-0.3, -0.25) is 4.79 Å². The van der Waals surface area contributed by atoms with Crippen LogP contribution in [0.1, 0.15) is 32.1 Å². The molecule has 0 heterocycles. The van der Waals surface area contributed by atoms with Crippen LogP contribution in [0.15, 0.2) is 11.6 Å². The Morgan fingerprint density at radius 3 is 3.00 bits per heavy atom. The Morgan fingerprint density at radius 2 is 2.08 bits per heavy atom. The number of hydrogen-bond acceptors (Lipinski definition) is 1. The molecule has 0 aromatic carbocycles. The molecule has 4 atom stereocenters. The van der Waals surface area contributed by atoms with Crippen molar-refractivity contribution in [1.82, 2.24) is 0 Å². The standard InChI is InChI=1S/C12H14O/c13-11-6-9-4-2-7-1-3-8-5-10(11)12(7,8)9/h6-8,10H,1-5H2. The molecule has 4 rings (SSSR count). The van der Waals surface area contributed by atoms with Crippen LogP contribution in [0.2, 0.25) is 0 Å². The molecular formula is C12H14O. The molecule has 4 aliphatic rings. The molecule has 3 fully saturated rings. The van der Waals surface area contributed by atoms with Crippen molar-refractivity contribution in [2.75, 3.05) is 0 Å². The highest BCUT2D eigenvalue weighted by atomic mass is 16.1. The van der Waals surface area contributed by atoms with E-state index in [0.29, 0.717) is 17.1 Å². The van der Waals surface area contributed by atoms with Crippen molar-refractivity contribution < 1.29 is 4.79 Å². The topological polar surface area (TPSA) is 17.1 Å². The second-order valence-corrected chi connectivity index (χ2v) is 5.30. The predicted molar refractivity (Wildman–Crippen MR) is 49.1 cm³/mol. The molecule has 68 valence electrons. The minimum absolute atomic E-state index is 0.447. The lowest BCUT2D eigenvalue weighted by Gasteiger charge is -2.50. The molecule has 4 aliphatic carbocycles. The van der Waals surface area contributed by atoms with Gasteiger partial charge in [-0.1, -0.05) is 5.57 Å². The Labute approximate surface area is 78.2 Å². The van der Waals surface area contributed by atoms with E-state index in [1.807, 2.05) is 6.08 Å². The maximum atomic E-state index is 11.7. The van der Waals surface area contributed by atoms with Gasteiger partial charge >= 0.3 is 0 Å². The molecule has 0 N–H and O–H groups in total. The Bertz CT molecular complexity index is 341. The minimum atomic E-state index is 0.447. The van der Waals surface area contributed by atoms with E-state index in [2.05, 4.69) is 0 Å². The Kier molecular flexibility index (Phi) is 0.928. The van der Waals surface area contributed by atoms with E-state index in [4.69, 9.17) is 0 Å². The molecule has 0 aromatic rings. The number of allylic oxidation sites excluding steroid dienone is 2. The third kappa shape index (κ3) is 0.490. The summed E-state index contributed by atoms with van der Waals surface area (Å²) in [4.78, 5) is 11.7. The summed E-state index contributed by atoms with van der Waals surface area (Å²) in [6, 6.07) is 0. The van der Waals surface area contributed by atoms with E-state index in [9.17, 15) is 4.79 Å². The van der Waals surface area contributed by atoms with E-state index in [1.165, 1.54) is 32.1 Å². The maximum absolute atomic E-state index is 11.7. The maximum Gasteiger partial charge on any atom is 0.159 e. The van der Waals surface area contributed by atoms with Crippen LogP contribution in [0, 0.1) is 23.2 Å². The van der Waals surface area contributed by atoms with Crippen LogP contribution in [0.4, 0.5) is 0 Å². The molecule has 13 heavy (non-hydrogen) atoms. The summed E-state index contributed by atoms with van der Waals surface area (Å²) < 4.78 is 0. The molecule has 1 heteroatoms. The molecule has 0 aromatic heterocycles. The quantitative estimate of drug-likeness (QED) is 0.551. The lowest BCUT2D eigenvalue weighted by molar-refractivity contribution is -0.128. The highest BCUT2D eigenvalue weighted by molar-refractivity contribution is 5.98. The van der Waals surface area contributed by atoms with E-state index in [-0.39, 0.29) is 0 Å². The average molecular weight is 174 g/mol. The predicted octanol–water partition coefficient (Wildman–Crippen LogP) is 2.32. The molecular weight excluding hydrogens is 160 g/mol. The van der Waals surface area contributed by atoms with Crippen molar-refractivity contribution in [3.8, 4) is 0 Å². The van der Waals surface area contributed by atoms with Gasteiger partial charge in [0.15, 0.2) is 5.78 Å². The summed E-state index contributed by atoms with van der Waals surface area (Å²) in [5.41, 5.74) is 2.01. The summed E-state index contributed by atoms with van der Waals surface area (Å²) >= 11 is 0. The van der Waals surface area contributed by atoms with Gasteiger partial charge in [-0.25, -0.2) is 0 Å². The van der Waals surface area contributed by atoms with Gasteiger partial charge < -0.3 is 0 Å². The van der Waals surface area contributed by atoms with Gasteiger partial charge in [0.1, 0.15) is 0 Å². The van der Waals surface area contributed by atoms with Crippen molar-refractivity contribution in [3.05, 3.63) is 11.6 Å². The van der Waals surface area contributed by atoms with Crippen molar-refractivity contribution in [2.24, 2.45) is 23.2 Å². The molecule has 0 aliphatic heterocycles. The molecule has 3 saturated carbocycles. The highest BCUT2D eigenvalue weighted by Crippen LogP contribution is 2.74. The van der Waals surface area contributed by atoms with Gasteiger partial charge in [-0.15, -0.1) is 0 Å². The minimum Gasteiger partial charge on any atom is -0.295 e. The van der Waals surface area contributed by atoms with Crippen LogP contribution >= 0.6 is 0 Å². The van der Waals surface area contributed by atoms with Gasteiger partial charge in [0.05, 0.1) is 0 Å². The second kappa shape index (κ2) is 1.77. The number of carbonyl (C=O) groups excluding carboxylic acids is 1. The van der Waals surface area contributed by atoms with E-state index >= 15 is 0 Å². The largest absolute Gasteiger partial charge is 0.295 e. The Balaban J connectivity index is 1.95. The zero-order valence-electron chi connectivity index (χ0n) is 7.75. The first-order valence-corrected chi connectivity index (χ1v) is 5.58. The van der Waals surface area contributed by atoms with Gasteiger partial charge in [-0.05, 0) is 50.0 Å². The van der Waals surface area contributed by atoms with Gasteiger partial charge in [0.2, 0.25) is 0 Å². The first kappa shape index (κ1) is 6.80. The smallest absolute Gasteiger partial charge is 0.159 e. The SMILES string of the molecule is O=C1C=C2CCC3CCC4CC1C234. The number of rotatable bonds is 0. The lowest BCUT2D eigenvalue weighted by Crippen LogP contribution is -2.48. The van der Waals surface area contributed by atoms with E-state index in [1.54, 1.807) is 5.57 Å². The van der Waals surface area contributed by atoms with Crippen molar-refractivity contribution in [2.45, 2.75) is 32.1 Å². The van der Waals surface area contributed by atoms with Crippen LogP contribution in [0.3, 0.4) is 0 Å². The number of carbonyl (C=O) groups is 1. The first-order chi connectivity index (χ1) is 6.33. The van der Waals surface area contributed by atoms with Crippen molar-refractivity contribution in [1.29, 1.82) is 0 Å². The fourth-order valence-corrected chi connectivity index (χ4v) is 4.91. The average Bonchev–Trinajstić information content (AvgIpc) is 2.59. The van der Waals surface area contributed by atoms with E-state index in [0.717, 1.165) is 11.8 Å². The molecule has 1 spiro atoms. The van der Waals surface area contributed by atoms with Crippen LogP contribution in [0.5, 0.6) is 0 Å². The second-order valence-electron chi connectivity index (χ2n) is 5.30. The van der Waals surface area contributed by atoms with Crippen molar-refractivity contribution in [3.63, 3.8) is 0 Å². The molecule has 0 amide bonds. The fourth-order valence-electron chi connectivity index (χ4n) is 4.91. The summed E-state index contributed by atoms with van der Waals surface area (Å²) in [7, 11) is 0. The third-order valence-corrected chi connectivity index (χ3v) is 5.29. The van der Waals surface area contributed by atoms with Gasteiger partial charge in [0, 0.05) is 11.3 Å². The molecule has 0 radical (unpaired) electrons. The fraction of sp³-hybridized carbons (Fsp3) is 0.750. The van der Waals surface area contributed by atoms with Gasteiger partial charge in [-0.2, -0.15) is 0 Å². The number of ketones is 1. The number of hydrogen-bond donors (Lipinski definition) is 0.